The van der Waals surface area contributed by atoms with Crippen LogP contribution in [0.3, 0.4) is 0 Å². The smallest absolute Gasteiger partial charge is 0.312 e. The van der Waals surface area contributed by atoms with Crippen LogP contribution in [0.1, 0.15) is 29.7 Å². The first kappa shape index (κ1) is 15.0. The van der Waals surface area contributed by atoms with Gasteiger partial charge in [-0.25, -0.2) is 5.84 Å². The Balaban J connectivity index is 2.01. The summed E-state index contributed by atoms with van der Waals surface area (Å²) in [4.78, 5) is 38.1. The SMILES string of the molecule is CCCN1CCN(Cc2ccc(C(=O)NN)o2)C(=O)C1=O. The van der Waals surface area contributed by atoms with Crippen molar-refractivity contribution in [3.05, 3.63) is 23.7 Å². The van der Waals surface area contributed by atoms with Crippen LogP contribution in [0.15, 0.2) is 16.5 Å². The second-order valence-corrected chi connectivity index (χ2v) is 4.76. The Morgan fingerprint density at radius 2 is 1.95 bits per heavy atom. The summed E-state index contributed by atoms with van der Waals surface area (Å²) in [6.07, 6.45) is 0.814. The van der Waals surface area contributed by atoms with Gasteiger partial charge in [0.1, 0.15) is 5.76 Å². The largest absolute Gasteiger partial charge is 0.454 e. The number of furan rings is 1. The fraction of sp³-hybridized carbons (Fsp3) is 0.462. The number of hydrogen-bond donors (Lipinski definition) is 2. The molecular formula is C13H18N4O4. The van der Waals surface area contributed by atoms with Crippen LogP contribution in [0.2, 0.25) is 0 Å². The van der Waals surface area contributed by atoms with Gasteiger partial charge in [-0.2, -0.15) is 0 Å². The highest BCUT2D eigenvalue weighted by molar-refractivity contribution is 6.35. The van der Waals surface area contributed by atoms with E-state index in [-0.39, 0.29) is 12.3 Å². The van der Waals surface area contributed by atoms with Gasteiger partial charge in [0, 0.05) is 19.6 Å². The van der Waals surface area contributed by atoms with Gasteiger partial charge in [0.15, 0.2) is 5.76 Å². The first-order chi connectivity index (χ1) is 10.1. The van der Waals surface area contributed by atoms with E-state index < -0.39 is 17.7 Å². The number of amides is 3. The molecule has 0 atom stereocenters. The van der Waals surface area contributed by atoms with Crippen molar-refractivity contribution in [1.29, 1.82) is 0 Å². The first-order valence-electron chi connectivity index (χ1n) is 6.74. The van der Waals surface area contributed by atoms with Crippen molar-refractivity contribution >= 4 is 17.7 Å². The third-order valence-corrected chi connectivity index (χ3v) is 3.25. The standard InChI is InChI=1S/C13H18N4O4/c1-2-5-16-6-7-17(13(20)12(16)19)8-9-3-4-10(21-9)11(18)15-14/h3-4H,2,5-8,14H2,1H3,(H,15,18). The molecule has 0 unspecified atom stereocenters. The molecule has 114 valence electrons. The Hall–Kier alpha value is -2.35. The van der Waals surface area contributed by atoms with Gasteiger partial charge < -0.3 is 14.2 Å². The van der Waals surface area contributed by atoms with Crippen LogP contribution in [-0.2, 0) is 16.1 Å². The molecule has 0 aromatic carbocycles. The number of rotatable bonds is 5. The molecule has 2 heterocycles. The molecule has 0 bridgehead atoms. The van der Waals surface area contributed by atoms with Crippen molar-refractivity contribution in [1.82, 2.24) is 15.2 Å². The molecule has 2 rings (SSSR count). The number of carbonyl (C=O) groups is 3. The van der Waals surface area contributed by atoms with Crippen molar-refractivity contribution < 1.29 is 18.8 Å². The first-order valence-corrected chi connectivity index (χ1v) is 6.74. The number of hydrogen-bond acceptors (Lipinski definition) is 5. The van der Waals surface area contributed by atoms with Crippen LogP contribution in [-0.4, -0.2) is 47.2 Å². The Bertz CT molecular complexity index is 554. The number of nitrogen functional groups attached to an aromatic ring is 1. The predicted octanol–water partition coefficient (Wildman–Crippen LogP) is -0.536. The molecule has 1 aromatic rings. The molecule has 21 heavy (non-hydrogen) atoms. The molecule has 1 saturated heterocycles. The van der Waals surface area contributed by atoms with Crippen LogP contribution >= 0.6 is 0 Å². The number of piperazine rings is 1. The lowest BCUT2D eigenvalue weighted by atomic mass is 10.2. The molecule has 0 aliphatic carbocycles. The summed E-state index contributed by atoms with van der Waals surface area (Å²) in [6.45, 7) is 3.65. The average molecular weight is 294 g/mol. The second-order valence-electron chi connectivity index (χ2n) is 4.76. The monoisotopic (exact) mass is 294 g/mol. The van der Waals surface area contributed by atoms with Crippen LogP contribution < -0.4 is 11.3 Å². The van der Waals surface area contributed by atoms with E-state index in [1.807, 2.05) is 12.3 Å². The van der Waals surface area contributed by atoms with E-state index in [1.165, 1.54) is 11.0 Å². The molecule has 3 N–H and O–H groups in total. The maximum Gasteiger partial charge on any atom is 0.312 e. The lowest BCUT2D eigenvalue weighted by Crippen LogP contribution is -2.53. The van der Waals surface area contributed by atoms with Gasteiger partial charge in [0.25, 0.3) is 0 Å². The second kappa shape index (κ2) is 6.40. The van der Waals surface area contributed by atoms with Gasteiger partial charge in [-0.1, -0.05) is 6.92 Å². The van der Waals surface area contributed by atoms with E-state index in [4.69, 9.17) is 10.3 Å². The molecule has 8 heteroatoms. The highest BCUT2D eigenvalue weighted by Crippen LogP contribution is 2.14. The third kappa shape index (κ3) is 3.22. The van der Waals surface area contributed by atoms with E-state index >= 15 is 0 Å². The van der Waals surface area contributed by atoms with E-state index in [1.54, 1.807) is 11.0 Å². The van der Waals surface area contributed by atoms with E-state index in [2.05, 4.69) is 0 Å². The summed E-state index contributed by atoms with van der Waals surface area (Å²) in [5, 5.41) is 0. The molecule has 0 radical (unpaired) electrons. The van der Waals surface area contributed by atoms with E-state index in [0.717, 1.165) is 6.42 Å². The summed E-state index contributed by atoms with van der Waals surface area (Å²) in [5.41, 5.74) is 1.96. The van der Waals surface area contributed by atoms with Gasteiger partial charge in [-0.15, -0.1) is 0 Å². The molecule has 0 spiro atoms. The number of hydrazine groups is 1. The highest BCUT2D eigenvalue weighted by Gasteiger charge is 2.32. The van der Waals surface area contributed by atoms with Crippen molar-refractivity contribution in [3.63, 3.8) is 0 Å². The Morgan fingerprint density at radius 1 is 1.29 bits per heavy atom. The summed E-state index contributed by atoms with van der Waals surface area (Å²) in [6, 6.07) is 3.05. The highest BCUT2D eigenvalue weighted by atomic mass is 16.4. The topological polar surface area (TPSA) is 109 Å². The zero-order valence-corrected chi connectivity index (χ0v) is 11.8. The summed E-state index contributed by atoms with van der Waals surface area (Å²) < 4.78 is 5.29. The average Bonchev–Trinajstić information content (AvgIpc) is 2.95. The molecule has 1 aliphatic rings. The van der Waals surface area contributed by atoms with Crippen LogP contribution in [0, 0.1) is 0 Å². The zero-order valence-electron chi connectivity index (χ0n) is 11.8. The van der Waals surface area contributed by atoms with Crippen molar-refractivity contribution in [2.75, 3.05) is 19.6 Å². The van der Waals surface area contributed by atoms with Crippen molar-refractivity contribution in [2.24, 2.45) is 5.84 Å². The lowest BCUT2D eigenvalue weighted by Gasteiger charge is -2.33. The normalized spacial score (nSPS) is 15.5. The lowest BCUT2D eigenvalue weighted by molar-refractivity contribution is -0.156. The van der Waals surface area contributed by atoms with Gasteiger partial charge in [-0.3, -0.25) is 19.8 Å². The Labute approximate surface area is 121 Å². The van der Waals surface area contributed by atoms with Gasteiger partial charge in [-0.05, 0) is 18.6 Å². The number of nitrogens with zero attached hydrogens (tertiary/aromatic N) is 2. The minimum absolute atomic E-state index is 0.0656. The number of nitrogens with two attached hydrogens (primary N) is 1. The molecule has 1 fully saturated rings. The zero-order chi connectivity index (χ0) is 15.4. The van der Waals surface area contributed by atoms with Gasteiger partial charge in [0.2, 0.25) is 0 Å². The summed E-state index contributed by atoms with van der Waals surface area (Å²) in [7, 11) is 0. The minimum Gasteiger partial charge on any atom is -0.454 e. The maximum atomic E-state index is 12.0. The molecular weight excluding hydrogens is 276 g/mol. The van der Waals surface area contributed by atoms with E-state index in [9.17, 15) is 14.4 Å². The maximum absolute atomic E-state index is 12.0. The van der Waals surface area contributed by atoms with Crippen LogP contribution in [0.25, 0.3) is 0 Å². The quantitative estimate of drug-likeness (QED) is 0.328. The van der Waals surface area contributed by atoms with Crippen LogP contribution in [0.4, 0.5) is 0 Å². The predicted molar refractivity (Wildman–Crippen MR) is 72.6 cm³/mol. The minimum atomic E-state index is -0.545. The third-order valence-electron chi connectivity index (χ3n) is 3.25. The number of nitrogens with one attached hydrogen (secondary N) is 1. The summed E-state index contributed by atoms with van der Waals surface area (Å²) >= 11 is 0. The Kier molecular flexibility index (Phi) is 4.59. The fourth-order valence-electron chi connectivity index (χ4n) is 2.19. The molecule has 0 saturated carbocycles. The fourth-order valence-corrected chi connectivity index (χ4v) is 2.19. The molecule has 3 amide bonds. The van der Waals surface area contributed by atoms with Crippen molar-refractivity contribution in [2.45, 2.75) is 19.9 Å². The van der Waals surface area contributed by atoms with Crippen LogP contribution in [0.5, 0.6) is 0 Å². The van der Waals surface area contributed by atoms with E-state index in [0.29, 0.717) is 25.4 Å². The Morgan fingerprint density at radius 3 is 2.62 bits per heavy atom. The molecule has 1 aliphatic heterocycles. The number of carbonyl (C=O) groups excluding carboxylic acids is 3. The van der Waals surface area contributed by atoms with Gasteiger partial charge in [0.05, 0.1) is 6.54 Å². The molecule has 1 aromatic heterocycles. The molecule has 8 nitrogen and oxygen atoms in total. The van der Waals surface area contributed by atoms with Gasteiger partial charge >= 0.3 is 17.7 Å². The van der Waals surface area contributed by atoms with Crippen molar-refractivity contribution in [3.8, 4) is 0 Å². The summed E-state index contributed by atoms with van der Waals surface area (Å²) in [5.74, 6) is 3.92.